The van der Waals surface area contributed by atoms with E-state index >= 15 is 0 Å². The Morgan fingerprint density at radius 1 is 0.860 bits per heavy atom. The van der Waals surface area contributed by atoms with Crippen LogP contribution in [0.2, 0.25) is 5.02 Å². The minimum Gasteiger partial charge on any atom is -0.493 e. The molecule has 0 aliphatic heterocycles. The number of para-hydroxylation sites is 2. The summed E-state index contributed by atoms with van der Waals surface area (Å²) in [6.07, 6.45) is 2.17. The van der Waals surface area contributed by atoms with Crippen molar-refractivity contribution in [3.8, 4) is 5.75 Å². The van der Waals surface area contributed by atoms with Gasteiger partial charge in [-0.05, 0) is 68.0 Å². The Kier molecular flexibility index (Phi) is 11.4. The number of nitrogens with one attached hydrogen (secondary N) is 3. The molecule has 0 saturated heterocycles. The van der Waals surface area contributed by atoms with Crippen LogP contribution in [-0.2, 0) is 9.59 Å². The lowest BCUT2D eigenvalue weighted by atomic mass is 10.1. The SMILES string of the molecule is CCOc1ccccc1/C=C(/NC(=O)c1ccccc1)C(=O)Nc1cccc(SC(CC)C(=O)Nc2ccccc2Cl)c1. The minimum absolute atomic E-state index is 0.0459. The lowest BCUT2D eigenvalue weighted by Gasteiger charge is -2.16. The Morgan fingerprint density at radius 3 is 2.33 bits per heavy atom. The molecule has 4 rings (SSSR count). The van der Waals surface area contributed by atoms with Gasteiger partial charge >= 0.3 is 0 Å². The molecule has 0 saturated carbocycles. The van der Waals surface area contributed by atoms with E-state index in [4.69, 9.17) is 16.3 Å². The molecule has 220 valence electrons. The van der Waals surface area contributed by atoms with E-state index in [1.807, 2.05) is 50.2 Å². The highest BCUT2D eigenvalue weighted by molar-refractivity contribution is 8.00. The van der Waals surface area contributed by atoms with Crippen LogP contribution in [0.15, 0.2) is 114 Å². The average molecular weight is 614 g/mol. The standard InChI is InChI=1S/C34H32ClN3O4S/c1-3-31(34(41)37-28-19-10-9-18-27(28)35)43-26-17-12-16-25(22-26)36-33(40)29(38-32(39)23-13-6-5-7-14-23)21-24-15-8-11-20-30(24)42-4-2/h5-22,31H,3-4H2,1-2H3,(H,36,40)(H,37,41)(H,38,39)/b29-21+. The lowest BCUT2D eigenvalue weighted by molar-refractivity contribution is -0.116. The molecule has 0 aliphatic rings. The molecule has 1 unspecified atom stereocenters. The van der Waals surface area contributed by atoms with Crippen LogP contribution in [0.1, 0.15) is 36.2 Å². The number of carbonyl (C=O) groups excluding carboxylic acids is 3. The summed E-state index contributed by atoms with van der Waals surface area (Å²) in [5.74, 6) is -0.517. The molecule has 4 aromatic carbocycles. The maximum absolute atomic E-state index is 13.6. The van der Waals surface area contributed by atoms with Crippen LogP contribution in [0.3, 0.4) is 0 Å². The van der Waals surface area contributed by atoms with Gasteiger partial charge in [0.15, 0.2) is 0 Å². The van der Waals surface area contributed by atoms with Gasteiger partial charge in [0.1, 0.15) is 11.4 Å². The number of hydrogen-bond acceptors (Lipinski definition) is 5. The summed E-state index contributed by atoms with van der Waals surface area (Å²) >= 11 is 7.60. The van der Waals surface area contributed by atoms with E-state index in [2.05, 4.69) is 16.0 Å². The first-order valence-electron chi connectivity index (χ1n) is 13.8. The Morgan fingerprint density at radius 2 is 1.58 bits per heavy atom. The van der Waals surface area contributed by atoms with Gasteiger partial charge in [-0.25, -0.2) is 0 Å². The zero-order chi connectivity index (χ0) is 30.6. The maximum Gasteiger partial charge on any atom is 0.272 e. The summed E-state index contributed by atoms with van der Waals surface area (Å²) in [7, 11) is 0. The van der Waals surface area contributed by atoms with Crippen molar-refractivity contribution in [2.45, 2.75) is 30.4 Å². The molecule has 0 bridgehead atoms. The van der Waals surface area contributed by atoms with Crippen molar-refractivity contribution in [3.05, 3.63) is 125 Å². The van der Waals surface area contributed by atoms with Crippen LogP contribution < -0.4 is 20.7 Å². The summed E-state index contributed by atoms with van der Waals surface area (Å²) in [4.78, 5) is 40.4. The molecule has 0 aliphatic carbocycles. The second-order valence-electron chi connectivity index (χ2n) is 9.31. The van der Waals surface area contributed by atoms with Crippen molar-refractivity contribution in [2.24, 2.45) is 0 Å². The number of ether oxygens (including phenoxy) is 1. The Labute approximate surface area is 260 Å². The zero-order valence-corrected chi connectivity index (χ0v) is 25.4. The number of carbonyl (C=O) groups is 3. The third-order valence-electron chi connectivity index (χ3n) is 6.21. The topological polar surface area (TPSA) is 96.5 Å². The first-order valence-corrected chi connectivity index (χ1v) is 15.1. The third kappa shape index (κ3) is 8.98. The number of thioether (sulfide) groups is 1. The normalized spacial score (nSPS) is 11.7. The molecule has 3 N–H and O–H groups in total. The first kappa shape index (κ1) is 31.4. The first-order chi connectivity index (χ1) is 20.9. The molecule has 0 heterocycles. The fourth-order valence-corrected chi connectivity index (χ4v) is 5.29. The largest absolute Gasteiger partial charge is 0.493 e. The predicted molar refractivity (Wildman–Crippen MR) is 175 cm³/mol. The second-order valence-corrected chi connectivity index (χ2v) is 11.0. The molecule has 0 radical (unpaired) electrons. The van der Waals surface area contributed by atoms with Gasteiger partial charge in [-0.3, -0.25) is 14.4 Å². The predicted octanol–water partition coefficient (Wildman–Crippen LogP) is 7.66. The fourth-order valence-electron chi connectivity index (χ4n) is 4.09. The zero-order valence-electron chi connectivity index (χ0n) is 23.8. The molecular formula is C34H32ClN3O4S. The molecular weight excluding hydrogens is 582 g/mol. The molecule has 1 atom stereocenters. The highest BCUT2D eigenvalue weighted by atomic mass is 35.5. The van der Waals surface area contributed by atoms with Crippen molar-refractivity contribution >= 4 is 58.5 Å². The summed E-state index contributed by atoms with van der Waals surface area (Å²) in [6, 6.07) is 30.2. The highest BCUT2D eigenvalue weighted by Crippen LogP contribution is 2.30. The van der Waals surface area contributed by atoms with E-state index in [1.54, 1.807) is 72.8 Å². The Balaban J connectivity index is 1.54. The summed E-state index contributed by atoms with van der Waals surface area (Å²) < 4.78 is 5.72. The van der Waals surface area contributed by atoms with E-state index in [0.29, 0.717) is 46.3 Å². The smallest absolute Gasteiger partial charge is 0.272 e. The van der Waals surface area contributed by atoms with Gasteiger partial charge in [-0.2, -0.15) is 0 Å². The van der Waals surface area contributed by atoms with Crippen molar-refractivity contribution in [1.82, 2.24) is 5.32 Å². The fraction of sp³-hybridized carbons (Fsp3) is 0.147. The van der Waals surface area contributed by atoms with Gasteiger partial charge in [0, 0.05) is 21.7 Å². The van der Waals surface area contributed by atoms with Gasteiger partial charge in [-0.1, -0.05) is 73.1 Å². The molecule has 3 amide bonds. The number of hydrogen-bond donors (Lipinski definition) is 3. The van der Waals surface area contributed by atoms with E-state index < -0.39 is 17.1 Å². The monoisotopic (exact) mass is 613 g/mol. The summed E-state index contributed by atoms with van der Waals surface area (Å²) in [6.45, 7) is 4.25. The van der Waals surface area contributed by atoms with Crippen LogP contribution in [0.5, 0.6) is 5.75 Å². The van der Waals surface area contributed by atoms with Crippen molar-refractivity contribution in [1.29, 1.82) is 0 Å². The number of benzene rings is 4. The van der Waals surface area contributed by atoms with E-state index in [-0.39, 0.29) is 11.6 Å². The van der Waals surface area contributed by atoms with Gasteiger partial charge in [0.2, 0.25) is 5.91 Å². The van der Waals surface area contributed by atoms with Gasteiger partial charge in [0.05, 0.1) is 22.6 Å². The molecule has 7 nitrogen and oxygen atoms in total. The molecule has 0 aromatic heterocycles. The van der Waals surface area contributed by atoms with Gasteiger partial charge in [-0.15, -0.1) is 11.8 Å². The minimum atomic E-state index is -0.513. The quantitative estimate of drug-likeness (QED) is 0.113. The molecule has 9 heteroatoms. The highest BCUT2D eigenvalue weighted by Gasteiger charge is 2.20. The number of anilines is 2. The number of rotatable bonds is 12. The van der Waals surface area contributed by atoms with Gasteiger partial charge < -0.3 is 20.7 Å². The van der Waals surface area contributed by atoms with Crippen molar-refractivity contribution in [2.75, 3.05) is 17.2 Å². The summed E-state index contributed by atoms with van der Waals surface area (Å²) in [5.41, 5.74) is 2.16. The van der Waals surface area contributed by atoms with E-state index in [0.717, 1.165) is 4.90 Å². The van der Waals surface area contributed by atoms with Crippen molar-refractivity contribution in [3.63, 3.8) is 0 Å². The van der Waals surface area contributed by atoms with E-state index in [9.17, 15) is 14.4 Å². The number of halogens is 1. The third-order valence-corrected chi connectivity index (χ3v) is 7.90. The molecule has 0 spiro atoms. The Bertz CT molecular complexity index is 1610. The van der Waals surface area contributed by atoms with Crippen LogP contribution in [0.4, 0.5) is 11.4 Å². The molecule has 0 fully saturated rings. The van der Waals surface area contributed by atoms with E-state index in [1.165, 1.54) is 11.8 Å². The van der Waals surface area contributed by atoms with Crippen molar-refractivity contribution < 1.29 is 19.1 Å². The molecule has 4 aromatic rings. The van der Waals surface area contributed by atoms with Crippen LogP contribution >= 0.6 is 23.4 Å². The van der Waals surface area contributed by atoms with Crippen LogP contribution in [-0.4, -0.2) is 29.6 Å². The number of amides is 3. The van der Waals surface area contributed by atoms with Crippen LogP contribution in [0.25, 0.3) is 6.08 Å². The molecule has 43 heavy (non-hydrogen) atoms. The summed E-state index contributed by atoms with van der Waals surface area (Å²) in [5, 5.41) is 8.61. The van der Waals surface area contributed by atoms with Gasteiger partial charge in [0.25, 0.3) is 11.8 Å². The maximum atomic E-state index is 13.6. The van der Waals surface area contributed by atoms with Crippen LogP contribution in [0, 0.1) is 0 Å². The second kappa shape index (κ2) is 15.6. The lowest BCUT2D eigenvalue weighted by Crippen LogP contribution is -2.30. The Hall–Kier alpha value is -4.53. The average Bonchev–Trinajstić information content (AvgIpc) is 3.02.